The standard InChI is InChI=1S/C7H7N2O2.Y/c1-5-3-4-7(9(10)11)6(2)8-5;/h3H,1-2H3;/q-1;+3. The molecule has 1 rings (SSSR count). The van der Waals surface area contributed by atoms with Crippen molar-refractivity contribution in [3.63, 3.8) is 0 Å². The van der Waals surface area contributed by atoms with Gasteiger partial charge < -0.3 is 4.98 Å². The predicted octanol–water partition coefficient (Wildman–Crippen LogP) is 1.40. The van der Waals surface area contributed by atoms with Gasteiger partial charge in [0.1, 0.15) is 0 Å². The second-order valence-electron chi connectivity index (χ2n) is 2.23. The van der Waals surface area contributed by atoms with Crippen molar-refractivity contribution in [1.29, 1.82) is 0 Å². The molecule has 0 saturated carbocycles. The maximum absolute atomic E-state index is 10.3. The summed E-state index contributed by atoms with van der Waals surface area (Å²) in [5.41, 5.74) is 1.11. The van der Waals surface area contributed by atoms with Crippen molar-refractivity contribution in [3.05, 3.63) is 33.6 Å². The molecule has 0 aromatic carbocycles. The zero-order chi connectivity index (χ0) is 8.43. The summed E-state index contributed by atoms with van der Waals surface area (Å²) >= 11 is 0. The minimum Gasteiger partial charge on any atom is -0.378 e. The van der Waals surface area contributed by atoms with E-state index in [1.165, 1.54) is 6.07 Å². The van der Waals surface area contributed by atoms with Gasteiger partial charge in [0.15, 0.2) is 5.69 Å². The van der Waals surface area contributed by atoms with Crippen LogP contribution in [0.15, 0.2) is 6.07 Å². The average Bonchev–Trinajstić information content (AvgIpc) is 1.85. The van der Waals surface area contributed by atoms with Crippen molar-refractivity contribution in [2.45, 2.75) is 13.8 Å². The summed E-state index contributed by atoms with van der Waals surface area (Å²) in [6, 6.07) is 4.05. The van der Waals surface area contributed by atoms with E-state index in [0.29, 0.717) is 5.69 Å². The largest absolute Gasteiger partial charge is 3.00 e. The Hall–Kier alpha value is -0.346. The summed E-state index contributed by atoms with van der Waals surface area (Å²) in [5, 5.41) is 10.3. The molecular weight excluding hydrogens is 233 g/mol. The monoisotopic (exact) mass is 240 g/mol. The molecule has 0 radical (unpaired) electrons. The van der Waals surface area contributed by atoms with E-state index >= 15 is 0 Å². The molecular formula is C7H7N2O2Y+2. The first-order valence-electron chi connectivity index (χ1n) is 3.11. The number of hydrogen-bond donors (Lipinski definition) is 0. The maximum atomic E-state index is 10.3. The van der Waals surface area contributed by atoms with Crippen LogP contribution in [-0.2, 0) is 32.7 Å². The first-order chi connectivity index (χ1) is 5.11. The SMILES string of the molecule is Cc1c[c-]c([N+](=O)[O-])c(C)n1.[Y+3]. The molecule has 0 saturated heterocycles. The number of rotatable bonds is 1. The number of aromatic nitrogens is 1. The van der Waals surface area contributed by atoms with Crippen molar-refractivity contribution in [1.82, 2.24) is 4.98 Å². The molecule has 0 bridgehead atoms. The van der Waals surface area contributed by atoms with E-state index in [9.17, 15) is 10.1 Å². The minimum absolute atomic E-state index is 0. The quantitative estimate of drug-likeness (QED) is 0.423. The number of pyridine rings is 1. The van der Waals surface area contributed by atoms with Crippen molar-refractivity contribution >= 4 is 5.69 Å². The van der Waals surface area contributed by atoms with Crippen LogP contribution in [0.1, 0.15) is 11.4 Å². The normalized spacial score (nSPS) is 8.83. The predicted molar refractivity (Wildman–Crippen MR) is 39.2 cm³/mol. The Kier molecular flexibility index (Phi) is 4.49. The molecule has 0 fully saturated rings. The zero-order valence-electron chi connectivity index (χ0n) is 6.87. The molecule has 0 N–H and O–H groups in total. The van der Waals surface area contributed by atoms with Gasteiger partial charge in [-0.1, -0.05) is 25.6 Å². The van der Waals surface area contributed by atoms with E-state index in [1.807, 2.05) is 0 Å². The number of nitrogens with zero attached hydrogens (tertiary/aromatic N) is 2. The fraction of sp³-hybridized carbons (Fsp3) is 0.286. The smallest absolute Gasteiger partial charge is 0.378 e. The Morgan fingerprint density at radius 1 is 1.58 bits per heavy atom. The maximum Gasteiger partial charge on any atom is 3.00 e. The van der Waals surface area contributed by atoms with E-state index in [4.69, 9.17) is 0 Å². The zero-order valence-corrected chi connectivity index (χ0v) is 9.70. The molecule has 5 heteroatoms. The summed E-state index contributed by atoms with van der Waals surface area (Å²) in [6.45, 7) is 3.37. The summed E-state index contributed by atoms with van der Waals surface area (Å²) in [6.07, 6.45) is 0. The third kappa shape index (κ3) is 2.61. The Morgan fingerprint density at radius 2 is 2.17 bits per heavy atom. The van der Waals surface area contributed by atoms with Gasteiger partial charge in [-0.25, -0.2) is 0 Å². The molecule has 0 atom stereocenters. The fourth-order valence-corrected chi connectivity index (χ4v) is 0.812. The van der Waals surface area contributed by atoms with Gasteiger partial charge in [0.2, 0.25) is 0 Å². The molecule has 0 aliphatic heterocycles. The first-order valence-corrected chi connectivity index (χ1v) is 3.11. The number of hydrogen-bond acceptors (Lipinski definition) is 3. The third-order valence-electron chi connectivity index (χ3n) is 1.29. The molecule has 12 heavy (non-hydrogen) atoms. The van der Waals surface area contributed by atoms with Crippen LogP contribution in [0, 0.1) is 30.0 Å². The number of nitro groups is 1. The van der Waals surface area contributed by atoms with Gasteiger partial charge in [-0.05, 0) is 0 Å². The van der Waals surface area contributed by atoms with Crippen molar-refractivity contribution in [2.24, 2.45) is 0 Å². The van der Waals surface area contributed by atoms with Crippen LogP contribution in [0.2, 0.25) is 0 Å². The Bertz CT molecular complexity index is 301. The Balaban J connectivity index is 0.00000121. The molecule has 0 aliphatic carbocycles. The Labute approximate surface area is 95.4 Å². The van der Waals surface area contributed by atoms with Crippen LogP contribution in [0.4, 0.5) is 5.69 Å². The van der Waals surface area contributed by atoms with Crippen LogP contribution < -0.4 is 0 Å². The van der Waals surface area contributed by atoms with E-state index in [-0.39, 0.29) is 38.4 Å². The van der Waals surface area contributed by atoms with Gasteiger partial charge in [0.05, 0.1) is 0 Å². The molecule has 58 valence electrons. The first kappa shape index (κ1) is 11.7. The van der Waals surface area contributed by atoms with Crippen LogP contribution in [-0.4, -0.2) is 9.91 Å². The van der Waals surface area contributed by atoms with Crippen molar-refractivity contribution in [3.8, 4) is 0 Å². The van der Waals surface area contributed by atoms with E-state index in [1.54, 1.807) is 13.8 Å². The van der Waals surface area contributed by atoms with Gasteiger partial charge >= 0.3 is 32.7 Å². The molecule has 1 heterocycles. The van der Waals surface area contributed by atoms with Crippen LogP contribution in [0.3, 0.4) is 0 Å². The third-order valence-corrected chi connectivity index (χ3v) is 1.29. The molecule has 0 spiro atoms. The molecule has 1 aromatic rings. The molecule has 0 unspecified atom stereocenters. The summed E-state index contributed by atoms with van der Waals surface area (Å²) < 4.78 is 0. The second kappa shape index (κ2) is 4.62. The molecule has 0 aliphatic rings. The van der Waals surface area contributed by atoms with E-state index < -0.39 is 4.92 Å². The molecule has 1 aromatic heterocycles. The summed E-state index contributed by atoms with van der Waals surface area (Å²) in [5.74, 6) is 0. The minimum atomic E-state index is -0.484. The molecule has 0 amide bonds. The second-order valence-corrected chi connectivity index (χ2v) is 2.23. The van der Waals surface area contributed by atoms with Gasteiger partial charge in [0.25, 0.3) is 0 Å². The van der Waals surface area contributed by atoms with Crippen LogP contribution >= 0.6 is 0 Å². The van der Waals surface area contributed by atoms with E-state index in [0.717, 1.165) is 5.69 Å². The van der Waals surface area contributed by atoms with Crippen molar-refractivity contribution in [2.75, 3.05) is 0 Å². The van der Waals surface area contributed by atoms with Gasteiger partial charge in [0, 0.05) is 10.6 Å². The van der Waals surface area contributed by atoms with Gasteiger partial charge in [-0.2, -0.15) is 0 Å². The molecule has 4 nitrogen and oxygen atoms in total. The fourth-order valence-electron chi connectivity index (χ4n) is 0.812. The van der Waals surface area contributed by atoms with Gasteiger partial charge in [-0.3, -0.25) is 10.1 Å². The van der Waals surface area contributed by atoms with Crippen LogP contribution in [0.25, 0.3) is 0 Å². The summed E-state index contributed by atoms with van der Waals surface area (Å²) in [4.78, 5) is 13.7. The number of aryl methyl sites for hydroxylation is 2. The Morgan fingerprint density at radius 3 is 2.58 bits per heavy atom. The van der Waals surface area contributed by atoms with Crippen LogP contribution in [0.5, 0.6) is 0 Å². The van der Waals surface area contributed by atoms with Gasteiger partial charge in [-0.15, -0.1) is 6.07 Å². The summed E-state index contributed by atoms with van der Waals surface area (Å²) in [7, 11) is 0. The topological polar surface area (TPSA) is 56.0 Å². The van der Waals surface area contributed by atoms with E-state index in [2.05, 4.69) is 11.1 Å². The average molecular weight is 240 g/mol. The van der Waals surface area contributed by atoms with Crippen molar-refractivity contribution < 1.29 is 37.6 Å².